The number of aliphatic carboxylic acids is 1. The quantitative estimate of drug-likeness (QED) is 0.0405. The Bertz CT molecular complexity index is 762. The summed E-state index contributed by atoms with van der Waals surface area (Å²) in [6, 6.07) is -1.44. The molecule has 0 radical (unpaired) electrons. The van der Waals surface area contributed by atoms with Gasteiger partial charge in [-0.15, -0.1) is 0 Å². The number of carboxylic acids is 1. The second-order valence-corrected chi connectivity index (χ2v) is 13.0. The van der Waals surface area contributed by atoms with Crippen LogP contribution in [0.25, 0.3) is 0 Å². The number of hydrogen-bond acceptors (Lipinski definition) is 6. The summed E-state index contributed by atoms with van der Waals surface area (Å²) < 4.78 is 5.58. The van der Waals surface area contributed by atoms with Gasteiger partial charge in [-0.1, -0.05) is 162 Å². The maximum Gasteiger partial charge on any atom is 0.328 e. The van der Waals surface area contributed by atoms with E-state index in [1.807, 2.05) is 0 Å². The van der Waals surface area contributed by atoms with E-state index in [1.54, 1.807) is 0 Å². The first-order valence-electron chi connectivity index (χ1n) is 19.0. The van der Waals surface area contributed by atoms with Gasteiger partial charge in [0.25, 0.3) is 5.91 Å². The van der Waals surface area contributed by atoms with Crippen LogP contribution in [0.1, 0.15) is 187 Å². The number of ether oxygens (including phenoxy) is 1. The highest BCUT2D eigenvalue weighted by atomic mass is 16.5. The van der Waals surface area contributed by atoms with Crippen molar-refractivity contribution in [2.24, 2.45) is 0 Å². The molecule has 0 aromatic carbocycles. The summed E-state index contributed by atoms with van der Waals surface area (Å²) in [6.07, 6.45) is 29.7. The van der Waals surface area contributed by atoms with Crippen LogP contribution in [0.3, 0.4) is 0 Å². The molecule has 0 bridgehead atoms. The lowest BCUT2D eigenvalue weighted by Gasteiger charge is -2.18. The van der Waals surface area contributed by atoms with E-state index in [1.165, 1.54) is 116 Å². The molecule has 0 aliphatic carbocycles. The third-order valence-corrected chi connectivity index (χ3v) is 8.61. The van der Waals surface area contributed by atoms with Gasteiger partial charge in [-0.25, -0.2) is 4.79 Å². The van der Waals surface area contributed by atoms with Gasteiger partial charge < -0.3 is 25.6 Å². The number of hydrogen-bond donors (Lipinski definition) is 4. The number of amides is 2. The van der Waals surface area contributed by atoms with E-state index in [0.29, 0.717) is 6.42 Å². The minimum absolute atomic E-state index is 0.261. The second-order valence-electron chi connectivity index (χ2n) is 13.0. The number of nitrogens with one attached hydrogen (secondary N) is 2. The van der Waals surface area contributed by atoms with Crippen molar-refractivity contribution in [1.29, 1.82) is 0 Å². The second kappa shape index (κ2) is 32.8. The molecule has 2 atom stereocenters. The Balaban J connectivity index is 4.39. The zero-order valence-electron chi connectivity index (χ0n) is 29.6. The number of unbranched alkanes of at least 4 members (excludes halogenated alkanes) is 23. The lowest BCUT2D eigenvalue weighted by Crippen LogP contribution is -2.48. The Morgan fingerprint density at radius 1 is 0.587 bits per heavy atom. The summed E-state index contributed by atoms with van der Waals surface area (Å²) in [5.74, 6) is -3.07. The minimum atomic E-state index is -1.44. The van der Waals surface area contributed by atoms with Gasteiger partial charge in [0, 0.05) is 6.42 Å². The number of aliphatic hydroxyl groups excluding tert-OH is 1. The molecule has 1 unspecified atom stereocenters. The minimum Gasteiger partial charge on any atom is -0.480 e. The fourth-order valence-corrected chi connectivity index (χ4v) is 5.63. The Morgan fingerprint density at radius 2 is 0.978 bits per heavy atom. The Hall–Kier alpha value is -2.16. The fourth-order valence-electron chi connectivity index (χ4n) is 5.63. The third-order valence-electron chi connectivity index (χ3n) is 8.61. The van der Waals surface area contributed by atoms with Crippen LogP contribution in [0, 0.1) is 0 Å². The predicted octanol–water partition coefficient (Wildman–Crippen LogP) is 8.15. The number of carboxylic acid groups (broad SMARTS) is 1. The van der Waals surface area contributed by atoms with Crippen LogP contribution >= 0.6 is 0 Å². The van der Waals surface area contributed by atoms with Crippen LogP contribution < -0.4 is 10.6 Å². The zero-order chi connectivity index (χ0) is 34.1. The van der Waals surface area contributed by atoms with E-state index in [4.69, 9.17) is 14.9 Å². The number of carbonyl (C=O) groups excluding carboxylic acids is 3. The first kappa shape index (κ1) is 43.8. The lowest BCUT2D eigenvalue weighted by molar-refractivity contribution is -0.156. The average Bonchev–Trinajstić information content (AvgIpc) is 3.04. The topological polar surface area (TPSA) is 142 Å². The van der Waals surface area contributed by atoms with Gasteiger partial charge in [0.2, 0.25) is 5.91 Å². The molecule has 4 N–H and O–H groups in total. The van der Waals surface area contributed by atoms with Crippen molar-refractivity contribution in [2.75, 3.05) is 13.2 Å². The normalized spacial score (nSPS) is 12.4. The highest BCUT2D eigenvalue weighted by Gasteiger charge is 2.24. The van der Waals surface area contributed by atoms with E-state index in [0.717, 1.165) is 44.9 Å². The van der Waals surface area contributed by atoms with Crippen LogP contribution in [0.4, 0.5) is 0 Å². The van der Waals surface area contributed by atoms with Gasteiger partial charge in [0.15, 0.2) is 6.10 Å². The van der Waals surface area contributed by atoms with Crippen molar-refractivity contribution in [3.05, 3.63) is 0 Å². The first-order valence-corrected chi connectivity index (χ1v) is 19.0. The fraction of sp³-hybridized carbons (Fsp3) is 0.892. The van der Waals surface area contributed by atoms with Gasteiger partial charge in [-0.05, 0) is 19.3 Å². The molecule has 0 aromatic rings. The maximum absolute atomic E-state index is 12.9. The van der Waals surface area contributed by atoms with E-state index in [-0.39, 0.29) is 6.42 Å². The van der Waals surface area contributed by atoms with Gasteiger partial charge in [-0.3, -0.25) is 14.4 Å². The van der Waals surface area contributed by atoms with Crippen LogP contribution in [0.15, 0.2) is 0 Å². The standard InChI is InChI=1S/C37H70N2O7/c1-3-5-7-9-11-13-15-17-19-21-23-25-27-29-35(42)46-33(36(43)38-30-34(41)39-32(31-40)37(44)45)28-26-24-22-20-18-16-14-12-10-8-6-4-2/h32-33,40H,3-31H2,1-2H3,(H,38,43)(H,39,41)(H,44,45)/t32-,33?/m0/s1. The third kappa shape index (κ3) is 28.1. The number of rotatable bonds is 34. The molecule has 46 heavy (non-hydrogen) atoms. The van der Waals surface area contributed by atoms with Crippen molar-refractivity contribution in [1.82, 2.24) is 10.6 Å². The number of esters is 1. The molecule has 0 aromatic heterocycles. The highest BCUT2D eigenvalue weighted by Crippen LogP contribution is 2.16. The van der Waals surface area contributed by atoms with Crippen molar-refractivity contribution in [3.63, 3.8) is 0 Å². The molecule has 270 valence electrons. The summed E-state index contributed by atoms with van der Waals surface area (Å²) in [7, 11) is 0. The predicted molar refractivity (Wildman–Crippen MR) is 186 cm³/mol. The monoisotopic (exact) mass is 655 g/mol. The van der Waals surface area contributed by atoms with Crippen molar-refractivity contribution >= 4 is 23.8 Å². The molecule has 9 nitrogen and oxygen atoms in total. The molecule has 0 spiro atoms. The largest absolute Gasteiger partial charge is 0.480 e. The van der Waals surface area contributed by atoms with Crippen LogP contribution in [0.2, 0.25) is 0 Å². The van der Waals surface area contributed by atoms with Crippen molar-refractivity contribution in [3.8, 4) is 0 Å². The summed E-state index contributed by atoms with van der Waals surface area (Å²) in [6.45, 7) is 3.26. The van der Waals surface area contributed by atoms with Crippen molar-refractivity contribution < 1.29 is 34.1 Å². The van der Waals surface area contributed by atoms with Crippen LogP contribution in [0.5, 0.6) is 0 Å². The Kier molecular flexibility index (Phi) is 31.2. The maximum atomic E-state index is 12.9. The first-order chi connectivity index (χ1) is 22.3. The van der Waals surface area contributed by atoms with Crippen LogP contribution in [-0.2, 0) is 23.9 Å². The number of aliphatic hydroxyl groups is 1. The molecular weight excluding hydrogens is 584 g/mol. The summed E-state index contributed by atoms with van der Waals surface area (Å²) >= 11 is 0. The molecule has 9 heteroatoms. The summed E-state index contributed by atoms with van der Waals surface area (Å²) in [5.41, 5.74) is 0. The average molecular weight is 655 g/mol. The van der Waals surface area contributed by atoms with Gasteiger partial charge in [-0.2, -0.15) is 0 Å². The highest BCUT2D eigenvalue weighted by molar-refractivity contribution is 5.90. The smallest absolute Gasteiger partial charge is 0.328 e. The van der Waals surface area contributed by atoms with E-state index < -0.39 is 49.1 Å². The molecule has 0 saturated heterocycles. The molecule has 0 rings (SSSR count). The Labute approximate surface area is 280 Å². The molecule has 0 aliphatic heterocycles. The van der Waals surface area contributed by atoms with E-state index in [9.17, 15) is 19.2 Å². The summed E-state index contributed by atoms with van der Waals surface area (Å²) in [5, 5.41) is 22.7. The van der Waals surface area contributed by atoms with E-state index >= 15 is 0 Å². The van der Waals surface area contributed by atoms with E-state index in [2.05, 4.69) is 24.5 Å². The molecule has 2 amide bonds. The lowest BCUT2D eigenvalue weighted by atomic mass is 10.0. The molecule has 0 aliphatic rings. The van der Waals surface area contributed by atoms with Crippen LogP contribution in [-0.4, -0.2) is 59.3 Å². The molecule has 0 saturated carbocycles. The molecule has 0 fully saturated rings. The number of carbonyl (C=O) groups is 4. The van der Waals surface area contributed by atoms with Crippen molar-refractivity contribution in [2.45, 2.75) is 199 Å². The zero-order valence-corrected chi connectivity index (χ0v) is 29.6. The van der Waals surface area contributed by atoms with Gasteiger partial charge >= 0.3 is 11.9 Å². The van der Waals surface area contributed by atoms with Gasteiger partial charge in [0.05, 0.1) is 13.2 Å². The molecule has 0 heterocycles. The SMILES string of the molecule is CCCCCCCCCCCCCCCC(=O)OC(CCCCCCCCCCCCCC)C(=O)NCC(=O)N[C@@H](CO)C(=O)O. The summed E-state index contributed by atoms with van der Waals surface area (Å²) in [4.78, 5) is 48.6. The molecular formula is C37H70N2O7. The Morgan fingerprint density at radius 3 is 1.37 bits per heavy atom. The van der Waals surface area contributed by atoms with Gasteiger partial charge in [0.1, 0.15) is 6.04 Å².